The summed E-state index contributed by atoms with van der Waals surface area (Å²) in [6, 6.07) is 14.4. The van der Waals surface area contributed by atoms with Crippen molar-refractivity contribution in [1.82, 2.24) is 4.72 Å². The Labute approximate surface area is 149 Å². The van der Waals surface area contributed by atoms with Crippen molar-refractivity contribution < 1.29 is 22.0 Å². The van der Waals surface area contributed by atoms with E-state index in [0.29, 0.717) is 11.3 Å². The molecule has 0 radical (unpaired) electrons. The molecular weight excluding hydrogens is 359 g/mol. The fraction of sp³-hybridized carbons (Fsp3) is 0.0556. The maximum Gasteiger partial charge on any atom is 0.291 e. The Balaban J connectivity index is 1.60. The van der Waals surface area contributed by atoms with Crippen LogP contribution < -0.4 is 10.0 Å². The van der Waals surface area contributed by atoms with Crippen LogP contribution in [0.3, 0.4) is 0 Å². The molecular formula is C18H15FN2O4S. The highest BCUT2D eigenvalue weighted by atomic mass is 32.2. The number of carbonyl (C=O) groups excluding carboxylic acids is 1. The highest BCUT2D eigenvalue weighted by Crippen LogP contribution is 2.14. The zero-order valence-corrected chi connectivity index (χ0v) is 14.3. The van der Waals surface area contributed by atoms with E-state index in [2.05, 4.69) is 10.0 Å². The molecule has 3 rings (SSSR count). The molecule has 1 aromatic heterocycles. The van der Waals surface area contributed by atoms with Gasteiger partial charge < -0.3 is 9.73 Å². The van der Waals surface area contributed by atoms with E-state index in [0.717, 1.165) is 12.1 Å². The summed E-state index contributed by atoms with van der Waals surface area (Å²) in [6.07, 6.45) is 1.41. The summed E-state index contributed by atoms with van der Waals surface area (Å²) in [7, 11) is -3.73. The lowest BCUT2D eigenvalue weighted by atomic mass is 10.2. The predicted octanol–water partition coefficient (Wildman–Crippen LogP) is 3.15. The molecule has 6 nitrogen and oxygen atoms in total. The minimum atomic E-state index is -3.73. The van der Waals surface area contributed by atoms with Gasteiger partial charge in [0.05, 0.1) is 11.2 Å². The summed E-state index contributed by atoms with van der Waals surface area (Å²) >= 11 is 0. The Morgan fingerprint density at radius 3 is 2.31 bits per heavy atom. The van der Waals surface area contributed by atoms with Gasteiger partial charge in [-0.3, -0.25) is 4.79 Å². The van der Waals surface area contributed by atoms with Crippen molar-refractivity contribution in [3.05, 3.63) is 84.1 Å². The summed E-state index contributed by atoms with van der Waals surface area (Å²) in [5, 5.41) is 2.67. The highest BCUT2D eigenvalue weighted by molar-refractivity contribution is 7.89. The van der Waals surface area contributed by atoms with E-state index in [-0.39, 0.29) is 23.1 Å². The van der Waals surface area contributed by atoms with Gasteiger partial charge in [-0.1, -0.05) is 12.1 Å². The van der Waals surface area contributed by atoms with E-state index < -0.39 is 15.8 Å². The molecule has 0 aliphatic heterocycles. The van der Waals surface area contributed by atoms with E-state index in [1.165, 1.54) is 18.4 Å². The fourth-order valence-corrected chi connectivity index (χ4v) is 3.20. The van der Waals surface area contributed by atoms with Gasteiger partial charge in [0.2, 0.25) is 10.0 Å². The van der Waals surface area contributed by atoms with E-state index in [1.807, 2.05) is 0 Å². The van der Waals surface area contributed by atoms with Gasteiger partial charge in [-0.05, 0) is 54.1 Å². The van der Waals surface area contributed by atoms with Crippen LogP contribution in [0, 0.1) is 5.82 Å². The highest BCUT2D eigenvalue weighted by Gasteiger charge is 2.14. The van der Waals surface area contributed by atoms with Crippen molar-refractivity contribution in [3.8, 4) is 0 Å². The first-order valence-electron chi connectivity index (χ1n) is 7.63. The van der Waals surface area contributed by atoms with Crippen LogP contribution in [-0.2, 0) is 16.6 Å². The second-order valence-corrected chi connectivity index (χ2v) is 7.17. The van der Waals surface area contributed by atoms with E-state index >= 15 is 0 Å². The zero-order chi connectivity index (χ0) is 18.6. The van der Waals surface area contributed by atoms with Gasteiger partial charge in [0.15, 0.2) is 5.76 Å². The van der Waals surface area contributed by atoms with Crippen molar-refractivity contribution in [2.75, 3.05) is 5.32 Å². The molecule has 0 fully saturated rings. The molecule has 1 heterocycles. The molecule has 0 aliphatic rings. The molecule has 0 saturated heterocycles. The van der Waals surface area contributed by atoms with Gasteiger partial charge in [0, 0.05) is 12.2 Å². The van der Waals surface area contributed by atoms with Crippen LogP contribution in [0.2, 0.25) is 0 Å². The van der Waals surface area contributed by atoms with Crippen LogP contribution in [0.5, 0.6) is 0 Å². The average molecular weight is 374 g/mol. The molecule has 0 bridgehead atoms. The minimum absolute atomic E-state index is 0.0127. The van der Waals surface area contributed by atoms with Crippen LogP contribution in [0.25, 0.3) is 0 Å². The van der Waals surface area contributed by atoms with Crippen molar-refractivity contribution in [3.63, 3.8) is 0 Å². The van der Waals surface area contributed by atoms with E-state index in [1.54, 1.807) is 36.4 Å². The van der Waals surface area contributed by atoms with Gasteiger partial charge in [-0.2, -0.15) is 0 Å². The lowest BCUT2D eigenvalue weighted by Gasteiger charge is -2.08. The molecule has 2 aromatic carbocycles. The van der Waals surface area contributed by atoms with Gasteiger partial charge in [0.1, 0.15) is 5.82 Å². The third kappa shape index (κ3) is 4.35. The Hall–Kier alpha value is -2.97. The van der Waals surface area contributed by atoms with E-state index in [9.17, 15) is 17.6 Å². The molecule has 26 heavy (non-hydrogen) atoms. The number of halogens is 1. The monoisotopic (exact) mass is 374 g/mol. The summed E-state index contributed by atoms with van der Waals surface area (Å²) in [5.41, 5.74) is 1.25. The van der Waals surface area contributed by atoms with Crippen LogP contribution in [0.1, 0.15) is 16.1 Å². The molecule has 3 aromatic rings. The predicted molar refractivity (Wildman–Crippen MR) is 93.5 cm³/mol. The normalized spacial score (nSPS) is 11.3. The van der Waals surface area contributed by atoms with Crippen LogP contribution >= 0.6 is 0 Å². The quantitative estimate of drug-likeness (QED) is 0.694. The largest absolute Gasteiger partial charge is 0.459 e. The minimum Gasteiger partial charge on any atom is -0.459 e. The summed E-state index contributed by atoms with van der Waals surface area (Å²) < 4.78 is 44.7. The molecule has 0 aliphatic carbocycles. The molecule has 0 spiro atoms. The maximum atomic E-state index is 12.9. The number of hydrogen-bond acceptors (Lipinski definition) is 4. The summed E-state index contributed by atoms with van der Waals surface area (Å²) in [4.78, 5) is 11.9. The van der Waals surface area contributed by atoms with Crippen molar-refractivity contribution in [2.24, 2.45) is 0 Å². The molecule has 134 valence electrons. The standard InChI is InChI=1S/C18H15FN2O4S/c19-14-5-9-16(10-6-14)26(23,24)20-12-13-3-7-15(8-4-13)21-18(22)17-2-1-11-25-17/h1-11,20H,12H2,(H,21,22). The number of carbonyl (C=O) groups is 1. The smallest absolute Gasteiger partial charge is 0.291 e. The Kier molecular flexibility index (Phi) is 5.15. The van der Waals surface area contributed by atoms with E-state index in [4.69, 9.17) is 4.42 Å². The zero-order valence-electron chi connectivity index (χ0n) is 13.5. The maximum absolute atomic E-state index is 12.9. The van der Waals surface area contributed by atoms with Crippen molar-refractivity contribution >= 4 is 21.6 Å². The average Bonchev–Trinajstić information content (AvgIpc) is 3.16. The number of rotatable bonds is 6. The number of anilines is 1. The van der Waals surface area contributed by atoms with Crippen LogP contribution in [0.4, 0.5) is 10.1 Å². The Bertz CT molecular complexity index is 983. The number of nitrogens with one attached hydrogen (secondary N) is 2. The van der Waals surface area contributed by atoms with Crippen LogP contribution in [0.15, 0.2) is 76.2 Å². The van der Waals surface area contributed by atoms with Crippen molar-refractivity contribution in [1.29, 1.82) is 0 Å². The summed E-state index contributed by atoms with van der Waals surface area (Å²) in [6.45, 7) is 0.0616. The first-order valence-corrected chi connectivity index (χ1v) is 9.11. The summed E-state index contributed by atoms with van der Waals surface area (Å²) in [5.74, 6) is -0.683. The Morgan fingerprint density at radius 2 is 1.69 bits per heavy atom. The lowest BCUT2D eigenvalue weighted by molar-refractivity contribution is 0.0996. The number of furan rings is 1. The lowest BCUT2D eigenvalue weighted by Crippen LogP contribution is -2.23. The second kappa shape index (κ2) is 7.51. The number of amides is 1. The van der Waals surface area contributed by atoms with Crippen molar-refractivity contribution in [2.45, 2.75) is 11.4 Å². The number of hydrogen-bond donors (Lipinski definition) is 2. The SMILES string of the molecule is O=C(Nc1ccc(CNS(=O)(=O)c2ccc(F)cc2)cc1)c1ccco1. The van der Waals surface area contributed by atoms with Gasteiger partial charge >= 0.3 is 0 Å². The topological polar surface area (TPSA) is 88.4 Å². The van der Waals surface area contributed by atoms with Gasteiger partial charge in [0.25, 0.3) is 5.91 Å². The second-order valence-electron chi connectivity index (χ2n) is 5.41. The van der Waals surface area contributed by atoms with Gasteiger partial charge in [-0.15, -0.1) is 0 Å². The number of benzene rings is 2. The first-order chi connectivity index (χ1) is 12.4. The molecule has 0 atom stereocenters. The molecule has 0 saturated carbocycles. The van der Waals surface area contributed by atoms with Gasteiger partial charge in [-0.25, -0.2) is 17.5 Å². The molecule has 2 N–H and O–H groups in total. The molecule has 8 heteroatoms. The number of sulfonamides is 1. The third-order valence-electron chi connectivity index (χ3n) is 3.55. The third-order valence-corrected chi connectivity index (χ3v) is 4.96. The first kappa shape index (κ1) is 17.8. The fourth-order valence-electron chi connectivity index (χ4n) is 2.18. The molecule has 1 amide bonds. The van der Waals surface area contributed by atoms with Crippen LogP contribution in [-0.4, -0.2) is 14.3 Å². The Morgan fingerprint density at radius 1 is 1.00 bits per heavy atom. The molecule has 0 unspecified atom stereocenters.